The molecule has 0 spiro atoms. The lowest BCUT2D eigenvalue weighted by Crippen LogP contribution is -2.09. The Labute approximate surface area is 135 Å². The minimum absolute atomic E-state index is 0.196. The summed E-state index contributed by atoms with van der Waals surface area (Å²) in [6, 6.07) is 13.0. The number of hydrogen-bond acceptors (Lipinski definition) is 2. The molecule has 0 saturated carbocycles. The van der Waals surface area contributed by atoms with Crippen molar-refractivity contribution in [1.29, 1.82) is 0 Å². The predicted molar refractivity (Wildman–Crippen MR) is 90.2 cm³/mol. The minimum Gasteiger partial charge on any atom is -0.398 e. The first kappa shape index (κ1) is 13.5. The second kappa shape index (κ2) is 5.10. The van der Waals surface area contributed by atoms with Crippen LogP contribution in [0.4, 0.5) is 5.69 Å². The van der Waals surface area contributed by atoms with Crippen molar-refractivity contribution in [2.24, 2.45) is 5.73 Å². The quantitative estimate of drug-likeness (QED) is 0.570. The van der Waals surface area contributed by atoms with Gasteiger partial charge in [-0.05, 0) is 58.5 Å². The molecule has 100 valence electrons. The SMILES string of the molecule is N/C(=C1\C(=O)Nc2ccc(Cl)cc21)c1ccc(I)cc1. The number of halogens is 2. The molecule has 1 aliphatic heterocycles. The fraction of sp³-hybridized carbons (Fsp3) is 0. The standard InChI is InChI=1S/C15H10ClIN2O/c16-9-3-6-12-11(7-9)13(15(20)19-12)14(18)8-1-4-10(17)5-2-8/h1-7H,18H2,(H,19,20)/b14-13-. The van der Waals surface area contributed by atoms with E-state index in [1.165, 1.54) is 0 Å². The Kier molecular flexibility index (Phi) is 3.43. The molecule has 0 aliphatic carbocycles. The van der Waals surface area contributed by atoms with E-state index in [0.717, 1.165) is 20.4 Å². The zero-order chi connectivity index (χ0) is 14.3. The first-order valence-electron chi connectivity index (χ1n) is 5.93. The lowest BCUT2D eigenvalue weighted by Gasteiger charge is -2.06. The largest absolute Gasteiger partial charge is 0.398 e. The topological polar surface area (TPSA) is 55.1 Å². The zero-order valence-electron chi connectivity index (χ0n) is 10.3. The van der Waals surface area contributed by atoms with Crippen LogP contribution in [-0.2, 0) is 4.79 Å². The van der Waals surface area contributed by atoms with E-state index in [2.05, 4.69) is 27.9 Å². The summed E-state index contributed by atoms with van der Waals surface area (Å²) in [5.74, 6) is -0.196. The third-order valence-electron chi connectivity index (χ3n) is 3.15. The highest BCUT2D eigenvalue weighted by molar-refractivity contribution is 14.1. The van der Waals surface area contributed by atoms with E-state index in [4.69, 9.17) is 17.3 Å². The lowest BCUT2D eigenvalue weighted by atomic mass is 10.0. The van der Waals surface area contributed by atoms with Crippen LogP contribution in [0.15, 0.2) is 42.5 Å². The highest BCUT2D eigenvalue weighted by atomic mass is 127. The van der Waals surface area contributed by atoms with Gasteiger partial charge in [0.1, 0.15) is 0 Å². The van der Waals surface area contributed by atoms with Crippen LogP contribution in [0.2, 0.25) is 5.02 Å². The van der Waals surface area contributed by atoms with Gasteiger partial charge in [-0.2, -0.15) is 0 Å². The molecule has 0 fully saturated rings. The number of fused-ring (bicyclic) bond motifs is 1. The molecule has 1 amide bonds. The smallest absolute Gasteiger partial charge is 0.258 e. The highest BCUT2D eigenvalue weighted by Gasteiger charge is 2.27. The molecule has 2 aromatic carbocycles. The molecule has 5 heteroatoms. The maximum Gasteiger partial charge on any atom is 0.258 e. The van der Waals surface area contributed by atoms with Crippen LogP contribution in [0.5, 0.6) is 0 Å². The van der Waals surface area contributed by atoms with Crippen molar-refractivity contribution < 1.29 is 4.79 Å². The van der Waals surface area contributed by atoms with Crippen molar-refractivity contribution >= 4 is 57.1 Å². The predicted octanol–water partition coefficient (Wildman–Crippen LogP) is 3.72. The Morgan fingerprint density at radius 3 is 2.55 bits per heavy atom. The average Bonchev–Trinajstić information content (AvgIpc) is 2.74. The van der Waals surface area contributed by atoms with E-state index >= 15 is 0 Å². The molecule has 1 aliphatic rings. The number of carbonyl (C=O) groups is 1. The molecule has 1 heterocycles. The third-order valence-corrected chi connectivity index (χ3v) is 4.11. The molecule has 3 N–H and O–H groups in total. The van der Waals surface area contributed by atoms with E-state index in [0.29, 0.717) is 16.3 Å². The van der Waals surface area contributed by atoms with E-state index in [-0.39, 0.29) is 5.91 Å². The Morgan fingerprint density at radius 1 is 1.15 bits per heavy atom. The number of hydrogen-bond donors (Lipinski definition) is 2. The van der Waals surface area contributed by atoms with Gasteiger partial charge in [0, 0.05) is 19.8 Å². The van der Waals surface area contributed by atoms with Crippen LogP contribution in [0.25, 0.3) is 11.3 Å². The fourth-order valence-electron chi connectivity index (χ4n) is 2.18. The van der Waals surface area contributed by atoms with Gasteiger partial charge < -0.3 is 11.1 Å². The van der Waals surface area contributed by atoms with Gasteiger partial charge in [-0.1, -0.05) is 23.7 Å². The highest BCUT2D eigenvalue weighted by Crippen LogP contribution is 2.36. The summed E-state index contributed by atoms with van der Waals surface area (Å²) in [7, 11) is 0. The van der Waals surface area contributed by atoms with Crippen LogP contribution in [-0.4, -0.2) is 5.91 Å². The van der Waals surface area contributed by atoms with Gasteiger partial charge in [0.05, 0.1) is 11.3 Å². The van der Waals surface area contributed by atoms with Crippen LogP contribution in [0.1, 0.15) is 11.1 Å². The van der Waals surface area contributed by atoms with Crippen molar-refractivity contribution in [3.8, 4) is 0 Å². The summed E-state index contributed by atoms with van der Waals surface area (Å²) >= 11 is 8.23. The second-order valence-corrected chi connectivity index (χ2v) is 6.12. The molecule has 0 saturated heterocycles. The number of amides is 1. The Morgan fingerprint density at radius 2 is 1.85 bits per heavy atom. The summed E-state index contributed by atoms with van der Waals surface area (Å²) in [6.45, 7) is 0. The first-order chi connectivity index (χ1) is 9.56. The summed E-state index contributed by atoms with van der Waals surface area (Å²) in [5.41, 5.74) is 9.42. The number of carbonyl (C=O) groups excluding carboxylic acids is 1. The molecular formula is C15H10ClIN2O. The molecule has 0 atom stereocenters. The second-order valence-electron chi connectivity index (χ2n) is 4.44. The Hall–Kier alpha value is -1.53. The van der Waals surface area contributed by atoms with Crippen molar-refractivity contribution in [2.75, 3.05) is 5.32 Å². The van der Waals surface area contributed by atoms with Gasteiger partial charge in [0.2, 0.25) is 0 Å². The normalized spacial score (nSPS) is 15.8. The first-order valence-corrected chi connectivity index (χ1v) is 7.39. The van der Waals surface area contributed by atoms with Gasteiger partial charge in [0.25, 0.3) is 5.91 Å². The van der Waals surface area contributed by atoms with E-state index in [1.807, 2.05) is 24.3 Å². The molecule has 0 radical (unpaired) electrons. The van der Waals surface area contributed by atoms with E-state index in [1.54, 1.807) is 18.2 Å². The third kappa shape index (κ3) is 2.29. The molecule has 3 rings (SSSR count). The summed E-state index contributed by atoms with van der Waals surface area (Å²) in [5, 5.41) is 3.38. The van der Waals surface area contributed by atoms with Crippen LogP contribution < -0.4 is 11.1 Å². The zero-order valence-corrected chi connectivity index (χ0v) is 13.2. The summed E-state index contributed by atoms with van der Waals surface area (Å²) < 4.78 is 1.11. The molecule has 2 aromatic rings. The lowest BCUT2D eigenvalue weighted by molar-refractivity contribution is -0.110. The van der Waals surface area contributed by atoms with Gasteiger partial charge in [-0.25, -0.2) is 0 Å². The summed E-state index contributed by atoms with van der Waals surface area (Å²) in [4.78, 5) is 12.1. The van der Waals surface area contributed by atoms with Crippen LogP contribution in [0, 0.1) is 3.57 Å². The van der Waals surface area contributed by atoms with Crippen molar-refractivity contribution in [3.63, 3.8) is 0 Å². The van der Waals surface area contributed by atoms with Crippen molar-refractivity contribution in [3.05, 3.63) is 62.2 Å². The van der Waals surface area contributed by atoms with Gasteiger partial charge >= 0.3 is 0 Å². The minimum atomic E-state index is -0.196. The molecule has 3 nitrogen and oxygen atoms in total. The number of nitrogens with one attached hydrogen (secondary N) is 1. The van der Waals surface area contributed by atoms with E-state index in [9.17, 15) is 4.79 Å². The van der Waals surface area contributed by atoms with E-state index < -0.39 is 0 Å². The molecule has 0 aromatic heterocycles. The molecule has 0 bridgehead atoms. The van der Waals surface area contributed by atoms with Crippen LogP contribution in [0.3, 0.4) is 0 Å². The maximum absolute atomic E-state index is 12.1. The molecular weight excluding hydrogens is 387 g/mol. The molecule has 20 heavy (non-hydrogen) atoms. The van der Waals surface area contributed by atoms with Gasteiger partial charge in [0.15, 0.2) is 0 Å². The Balaban J connectivity index is 2.18. The Bertz CT molecular complexity index is 738. The number of nitrogens with two attached hydrogens (primary N) is 1. The monoisotopic (exact) mass is 396 g/mol. The maximum atomic E-state index is 12.1. The summed E-state index contributed by atoms with van der Waals surface area (Å²) in [6.07, 6.45) is 0. The number of benzene rings is 2. The van der Waals surface area contributed by atoms with Crippen molar-refractivity contribution in [1.82, 2.24) is 0 Å². The van der Waals surface area contributed by atoms with Crippen LogP contribution >= 0.6 is 34.2 Å². The van der Waals surface area contributed by atoms with Gasteiger partial charge in [-0.3, -0.25) is 4.79 Å². The van der Waals surface area contributed by atoms with Crippen molar-refractivity contribution in [2.45, 2.75) is 0 Å². The molecule has 0 unspecified atom stereocenters. The fourth-order valence-corrected chi connectivity index (χ4v) is 2.71. The number of anilines is 1. The average molecular weight is 397 g/mol. The van der Waals surface area contributed by atoms with Gasteiger partial charge in [-0.15, -0.1) is 0 Å². The number of rotatable bonds is 1.